The van der Waals surface area contributed by atoms with Crippen molar-refractivity contribution in [2.24, 2.45) is 0 Å². The van der Waals surface area contributed by atoms with Crippen molar-refractivity contribution in [3.8, 4) is 28.7 Å². The average molecular weight is 408 g/mol. The Morgan fingerprint density at radius 1 is 0.533 bits per heavy atom. The minimum Gasteiger partial charge on any atom is -0.497 e. The molecule has 5 heteroatoms. The van der Waals surface area contributed by atoms with Crippen LogP contribution in [-0.2, 0) is 6.42 Å². The second-order valence-electron chi connectivity index (χ2n) is 6.82. The van der Waals surface area contributed by atoms with Gasteiger partial charge in [-0.3, -0.25) is 0 Å². The monoisotopic (exact) mass is 408 g/mol. The predicted octanol–water partition coefficient (Wildman–Crippen LogP) is 5.10. The summed E-state index contributed by atoms with van der Waals surface area (Å²) in [5, 5.41) is 0. The van der Waals surface area contributed by atoms with Gasteiger partial charge < -0.3 is 23.7 Å². The fourth-order valence-electron chi connectivity index (χ4n) is 3.60. The highest BCUT2D eigenvalue weighted by Gasteiger charge is 2.23. The molecule has 0 aromatic heterocycles. The zero-order chi connectivity index (χ0) is 21.5. The summed E-state index contributed by atoms with van der Waals surface area (Å²) < 4.78 is 27.5. The van der Waals surface area contributed by atoms with E-state index >= 15 is 0 Å². The number of rotatable bonds is 9. The summed E-state index contributed by atoms with van der Waals surface area (Å²) in [5.74, 6) is 3.87. The highest BCUT2D eigenvalue weighted by molar-refractivity contribution is 5.52. The highest BCUT2D eigenvalue weighted by atomic mass is 16.5. The molecule has 0 aliphatic rings. The molecule has 0 unspecified atom stereocenters. The van der Waals surface area contributed by atoms with E-state index in [1.165, 1.54) is 5.56 Å². The maximum absolute atomic E-state index is 5.72. The lowest BCUT2D eigenvalue weighted by Gasteiger charge is -2.23. The summed E-state index contributed by atoms with van der Waals surface area (Å²) in [6, 6.07) is 19.9. The van der Waals surface area contributed by atoms with Crippen LogP contribution in [0, 0.1) is 0 Å². The lowest BCUT2D eigenvalue weighted by Crippen LogP contribution is -2.09. The van der Waals surface area contributed by atoms with E-state index in [4.69, 9.17) is 23.7 Å². The molecule has 0 aliphatic heterocycles. The molecule has 0 saturated carbocycles. The van der Waals surface area contributed by atoms with Crippen molar-refractivity contribution in [1.29, 1.82) is 0 Å². The van der Waals surface area contributed by atoms with Gasteiger partial charge in [0.15, 0.2) is 0 Å². The van der Waals surface area contributed by atoms with E-state index in [1.54, 1.807) is 35.5 Å². The Hall–Kier alpha value is -3.34. The summed E-state index contributed by atoms with van der Waals surface area (Å²) in [6.45, 7) is 0. The molecule has 0 spiro atoms. The Kier molecular flexibility index (Phi) is 7.07. The SMILES string of the molecule is COc1ccc(CC(c2ccc(OC)cc2OC)c2ccc(OC)cc2OC)cc1. The molecular formula is C25H28O5. The fraction of sp³-hybridized carbons (Fsp3) is 0.280. The second kappa shape index (κ2) is 9.92. The van der Waals surface area contributed by atoms with E-state index in [0.29, 0.717) is 0 Å². The third-order valence-electron chi connectivity index (χ3n) is 5.23. The van der Waals surface area contributed by atoms with Crippen LogP contribution in [0.4, 0.5) is 0 Å². The molecule has 0 fully saturated rings. The molecule has 0 atom stereocenters. The largest absolute Gasteiger partial charge is 0.497 e. The zero-order valence-electron chi connectivity index (χ0n) is 18.1. The molecule has 158 valence electrons. The number of methoxy groups -OCH3 is 5. The molecule has 0 saturated heterocycles. The molecule has 5 nitrogen and oxygen atoms in total. The molecule has 3 rings (SSSR count). The molecular weight excluding hydrogens is 380 g/mol. The Morgan fingerprint density at radius 2 is 0.967 bits per heavy atom. The van der Waals surface area contributed by atoms with Crippen LogP contribution >= 0.6 is 0 Å². The first-order valence-electron chi connectivity index (χ1n) is 9.70. The van der Waals surface area contributed by atoms with Gasteiger partial charge in [0.2, 0.25) is 0 Å². The van der Waals surface area contributed by atoms with Crippen LogP contribution in [0.15, 0.2) is 60.7 Å². The van der Waals surface area contributed by atoms with Crippen molar-refractivity contribution in [3.05, 3.63) is 77.4 Å². The highest BCUT2D eigenvalue weighted by Crippen LogP contribution is 2.41. The van der Waals surface area contributed by atoms with Crippen molar-refractivity contribution in [3.63, 3.8) is 0 Å². The van der Waals surface area contributed by atoms with Crippen molar-refractivity contribution in [2.45, 2.75) is 12.3 Å². The maximum atomic E-state index is 5.72. The third-order valence-corrected chi connectivity index (χ3v) is 5.23. The average Bonchev–Trinajstić information content (AvgIpc) is 2.82. The van der Waals surface area contributed by atoms with E-state index < -0.39 is 0 Å². The van der Waals surface area contributed by atoms with E-state index in [1.807, 2.05) is 36.4 Å². The van der Waals surface area contributed by atoms with Crippen LogP contribution in [0.5, 0.6) is 28.7 Å². The Bertz CT molecular complexity index is 910. The van der Waals surface area contributed by atoms with Crippen molar-refractivity contribution in [1.82, 2.24) is 0 Å². The molecule has 0 aliphatic carbocycles. The lowest BCUT2D eigenvalue weighted by atomic mass is 9.84. The third kappa shape index (κ3) is 4.62. The minimum absolute atomic E-state index is 0.0000992. The molecule has 0 N–H and O–H groups in total. The van der Waals surface area contributed by atoms with Gasteiger partial charge in [-0.2, -0.15) is 0 Å². The molecule has 0 heterocycles. The topological polar surface area (TPSA) is 46.2 Å². The minimum atomic E-state index is 0.0000992. The van der Waals surface area contributed by atoms with Gasteiger partial charge >= 0.3 is 0 Å². The van der Waals surface area contributed by atoms with E-state index in [-0.39, 0.29) is 5.92 Å². The standard InChI is InChI=1S/C25H28O5/c1-26-18-8-6-17(7-9-18)14-23(21-12-10-19(27-2)15-24(21)29-4)22-13-11-20(28-3)16-25(22)30-5/h6-13,15-16,23H,14H2,1-5H3. The summed E-state index contributed by atoms with van der Waals surface area (Å²) in [6.07, 6.45) is 0.759. The first kappa shape index (κ1) is 21.4. The lowest BCUT2D eigenvalue weighted by molar-refractivity contribution is 0.384. The van der Waals surface area contributed by atoms with E-state index in [9.17, 15) is 0 Å². The van der Waals surface area contributed by atoms with Crippen LogP contribution in [0.2, 0.25) is 0 Å². The molecule has 30 heavy (non-hydrogen) atoms. The zero-order valence-corrected chi connectivity index (χ0v) is 18.1. The van der Waals surface area contributed by atoms with Gasteiger partial charge in [-0.05, 0) is 36.2 Å². The van der Waals surface area contributed by atoms with Gasteiger partial charge in [0.05, 0.1) is 35.5 Å². The Labute approximate surface area is 178 Å². The van der Waals surface area contributed by atoms with Gasteiger partial charge in [-0.25, -0.2) is 0 Å². The Balaban J connectivity index is 2.11. The Morgan fingerprint density at radius 3 is 1.37 bits per heavy atom. The molecule has 0 radical (unpaired) electrons. The number of hydrogen-bond acceptors (Lipinski definition) is 5. The smallest absolute Gasteiger partial charge is 0.126 e. The summed E-state index contributed by atoms with van der Waals surface area (Å²) in [7, 11) is 8.32. The van der Waals surface area contributed by atoms with Crippen molar-refractivity contribution >= 4 is 0 Å². The first-order valence-corrected chi connectivity index (χ1v) is 9.70. The van der Waals surface area contributed by atoms with Gasteiger partial charge in [0, 0.05) is 29.2 Å². The van der Waals surface area contributed by atoms with Crippen molar-refractivity contribution in [2.75, 3.05) is 35.5 Å². The maximum Gasteiger partial charge on any atom is 0.126 e. The van der Waals surface area contributed by atoms with E-state index in [0.717, 1.165) is 46.3 Å². The van der Waals surface area contributed by atoms with Crippen LogP contribution in [0.3, 0.4) is 0 Å². The van der Waals surface area contributed by atoms with Crippen LogP contribution in [0.25, 0.3) is 0 Å². The number of benzene rings is 3. The predicted molar refractivity (Wildman–Crippen MR) is 118 cm³/mol. The molecule has 3 aromatic rings. The van der Waals surface area contributed by atoms with Gasteiger partial charge in [0.25, 0.3) is 0 Å². The number of ether oxygens (including phenoxy) is 5. The normalized spacial score (nSPS) is 10.6. The van der Waals surface area contributed by atoms with E-state index in [2.05, 4.69) is 24.3 Å². The summed E-state index contributed by atoms with van der Waals surface area (Å²) >= 11 is 0. The van der Waals surface area contributed by atoms with Gasteiger partial charge in [0.1, 0.15) is 28.7 Å². The summed E-state index contributed by atoms with van der Waals surface area (Å²) in [5.41, 5.74) is 3.28. The quantitative estimate of drug-likeness (QED) is 0.493. The molecule has 0 bridgehead atoms. The summed E-state index contributed by atoms with van der Waals surface area (Å²) in [4.78, 5) is 0. The first-order chi connectivity index (χ1) is 14.6. The van der Waals surface area contributed by atoms with Crippen LogP contribution < -0.4 is 23.7 Å². The van der Waals surface area contributed by atoms with Crippen LogP contribution in [-0.4, -0.2) is 35.5 Å². The van der Waals surface area contributed by atoms with Gasteiger partial charge in [-0.15, -0.1) is 0 Å². The van der Waals surface area contributed by atoms with Crippen LogP contribution in [0.1, 0.15) is 22.6 Å². The number of hydrogen-bond donors (Lipinski definition) is 0. The van der Waals surface area contributed by atoms with Crippen molar-refractivity contribution < 1.29 is 23.7 Å². The second-order valence-corrected chi connectivity index (χ2v) is 6.82. The molecule has 3 aromatic carbocycles. The molecule has 0 amide bonds. The fourth-order valence-corrected chi connectivity index (χ4v) is 3.60. The van der Waals surface area contributed by atoms with Gasteiger partial charge in [-0.1, -0.05) is 24.3 Å².